The van der Waals surface area contributed by atoms with Crippen LogP contribution in [0.4, 0.5) is 10.6 Å². The summed E-state index contributed by atoms with van der Waals surface area (Å²) in [5.41, 5.74) is 4.76. The summed E-state index contributed by atoms with van der Waals surface area (Å²) in [6.07, 6.45) is 1.23. The molecule has 0 aliphatic rings. The number of anilines is 1. The first-order valence-corrected chi connectivity index (χ1v) is 2.36. The van der Waals surface area contributed by atoms with Crippen LogP contribution in [0.3, 0.4) is 0 Å². The Morgan fingerprint density at radius 2 is 2.40 bits per heavy atom. The first-order chi connectivity index (χ1) is 4.79. The van der Waals surface area contributed by atoms with Gasteiger partial charge in [-0.2, -0.15) is 0 Å². The third-order valence-electron chi connectivity index (χ3n) is 0.675. The molecule has 3 N–H and O–H groups in total. The normalized spacial score (nSPS) is 8.80. The second kappa shape index (κ2) is 2.67. The third kappa shape index (κ3) is 1.62. The van der Waals surface area contributed by atoms with Crippen molar-refractivity contribution >= 4 is 11.8 Å². The standard InChI is InChI=1S/C3H4N6O/c4-3(10)6-2-1-5-8-9-7-2/h1H,(H3,4,6,7,8,10). The van der Waals surface area contributed by atoms with Gasteiger partial charge in [0.1, 0.15) is 0 Å². The molecule has 0 unspecified atom stereocenters. The van der Waals surface area contributed by atoms with E-state index in [0.29, 0.717) is 0 Å². The van der Waals surface area contributed by atoms with Gasteiger partial charge in [-0.3, -0.25) is 5.32 Å². The van der Waals surface area contributed by atoms with Crippen molar-refractivity contribution in [2.75, 3.05) is 5.32 Å². The number of carbonyl (C=O) groups excluding carboxylic acids is 1. The fraction of sp³-hybridized carbons (Fsp3) is 0. The highest BCUT2D eigenvalue weighted by Crippen LogP contribution is 1.91. The van der Waals surface area contributed by atoms with E-state index in [9.17, 15) is 4.79 Å². The number of nitrogens with one attached hydrogen (secondary N) is 1. The molecule has 52 valence electrons. The molecule has 0 bridgehead atoms. The molecule has 0 spiro atoms. The lowest BCUT2D eigenvalue weighted by Gasteiger charge is -1.93. The van der Waals surface area contributed by atoms with Crippen LogP contribution in [0.25, 0.3) is 0 Å². The minimum atomic E-state index is -0.706. The maximum atomic E-state index is 10.2. The average Bonchev–Trinajstić information content (AvgIpc) is 1.88. The molecule has 7 heteroatoms. The maximum Gasteiger partial charge on any atom is 0.317 e. The van der Waals surface area contributed by atoms with Crippen LogP contribution in [-0.4, -0.2) is 26.7 Å². The predicted molar refractivity (Wildman–Crippen MR) is 30.8 cm³/mol. The smallest absolute Gasteiger partial charge is 0.317 e. The fourth-order valence-corrected chi connectivity index (χ4v) is 0.381. The van der Waals surface area contributed by atoms with Crippen molar-refractivity contribution < 1.29 is 4.79 Å². The van der Waals surface area contributed by atoms with Crippen molar-refractivity contribution in [2.45, 2.75) is 0 Å². The van der Waals surface area contributed by atoms with Gasteiger partial charge in [0, 0.05) is 0 Å². The number of nitrogens with zero attached hydrogens (tertiary/aromatic N) is 4. The van der Waals surface area contributed by atoms with Crippen LogP contribution in [0.5, 0.6) is 0 Å². The molecule has 0 radical (unpaired) electrons. The summed E-state index contributed by atoms with van der Waals surface area (Å²) in [4.78, 5) is 10.2. The molecular formula is C3H4N6O. The predicted octanol–water partition coefficient (Wildman–Crippen LogP) is -1.24. The van der Waals surface area contributed by atoms with E-state index in [4.69, 9.17) is 5.73 Å². The Labute approximate surface area is 55.6 Å². The number of aromatic nitrogens is 4. The van der Waals surface area contributed by atoms with E-state index in [-0.39, 0.29) is 5.82 Å². The number of nitrogens with two attached hydrogens (primary N) is 1. The Hall–Kier alpha value is -1.79. The van der Waals surface area contributed by atoms with Gasteiger partial charge >= 0.3 is 6.03 Å². The molecule has 1 rings (SSSR count). The molecular weight excluding hydrogens is 136 g/mol. The highest BCUT2D eigenvalue weighted by molar-refractivity contribution is 5.86. The summed E-state index contributed by atoms with van der Waals surface area (Å²) < 4.78 is 0. The summed E-state index contributed by atoms with van der Waals surface area (Å²) in [6.45, 7) is 0. The van der Waals surface area contributed by atoms with Gasteiger partial charge in [0.05, 0.1) is 6.20 Å². The number of hydrogen-bond acceptors (Lipinski definition) is 5. The number of urea groups is 1. The second-order valence-electron chi connectivity index (χ2n) is 1.40. The quantitative estimate of drug-likeness (QED) is 0.507. The lowest BCUT2D eigenvalue weighted by atomic mass is 10.7. The van der Waals surface area contributed by atoms with Crippen LogP contribution in [0.1, 0.15) is 0 Å². The van der Waals surface area contributed by atoms with E-state index in [2.05, 4.69) is 25.9 Å². The van der Waals surface area contributed by atoms with Crippen LogP contribution >= 0.6 is 0 Å². The highest BCUT2D eigenvalue weighted by atomic mass is 16.2. The Kier molecular flexibility index (Phi) is 1.69. The molecule has 0 atom stereocenters. The molecule has 1 aromatic heterocycles. The number of hydrogen-bond donors (Lipinski definition) is 2. The van der Waals surface area contributed by atoms with Crippen LogP contribution in [0.15, 0.2) is 6.20 Å². The van der Waals surface area contributed by atoms with Crippen LogP contribution < -0.4 is 11.1 Å². The van der Waals surface area contributed by atoms with Gasteiger partial charge in [-0.15, -0.1) is 10.2 Å². The van der Waals surface area contributed by atoms with Gasteiger partial charge in [0.15, 0.2) is 5.82 Å². The number of rotatable bonds is 1. The minimum absolute atomic E-state index is 0.183. The molecule has 1 aromatic rings. The fourth-order valence-electron chi connectivity index (χ4n) is 0.381. The Balaban J connectivity index is 2.67. The zero-order chi connectivity index (χ0) is 7.40. The van der Waals surface area contributed by atoms with Crippen molar-refractivity contribution in [1.29, 1.82) is 0 Å². The molecule has 0 aliphatic heterocycles. The monoisotopic (exact) mass is 140 g/mol. The zero-order valence-corrected chi connectivity index (χ0v) is 4.85. The van der Waals surface area contributed by atoms with Gasteiger partial charge in [-0.25, -0.2) is 4.79 Å². The average molecular weight is 140 g/mol. The summed E-state index contributed by atoms with van der Waals surface area (Å²) in [5, 5.41) is 15.2. The molecule has 0 aliphatic carbocycles. The number of amides is 2. The first-order valence-electron chi connectivity index (χ1n) is 2.36. The molecule has 10 heavy (non-hydrogen) atoms. The largest absolute Gasteiger partial charge is 0.351 e. The third-order valence-corrected chi connectivity index (χ3v) is 0.675. The molecule has 7 nitrogen and oxygen atoms in total. The molecule has 0 fully saturated rings. The SMILES string of the molecule is NC(=O)Nc1cnnnn1. The Morgan fingerprint density at radius 1 is 1.60 bits per heavy atom. The second-order valence-corrected chi connectivity index (χ2v) is 1.40. The van der Waals surface area contributed by atoms with E-state index in [0.717, 1.165) is 0 Å². The van der Waals surface area contributed by atoms with Crippen LogP contribution in [-0.2, 0) is 0 Å². The van der Waals surface area contributed by atoms with E-state index >= 15 is 0 Å². The lowest BCUT2D eigenvalue weighted by molar-refractivity contribution is 0.259. The summed E-state index contributed by atoms with van der Waals surface area (Å²) in [5.74, 6) is 0.183. The van der Waals surface area contributed by atoms with E-state index in [1.165, 1.54) is 6.20 Å². The van der Waals surface area contributed by atoms with Crippen molar-refractivity contribution in [3.8, 4) is 0 Å². The van der Waals surface area contributed by atoms with Gasteiger partial charge < -0.3 is 5.73 Å². The molecule has 2 amide bonds. The molecule has 0 aromatic carbocycles. The van der Waals surface area contributed by atoms with Crippen molar-refractivity contribution in [1.82, 2.24) is 20.6 Å². The van der Waals surface area contributed by atoms with Gasteiger partial charge in [0.25, 0.3) is 0 Å². The molecule has 0 saturated carbocycles. The summed E-state index contributed by atoms with van der Waals surface area (Å²) in [6, 6.07) is -0.706. The first kappa shape index (κ1) is 6.33. The van der Waals surface area contributed by atoms with E-state index in [1.807, 2.05) is 0 Å². The van der Waals surface area contributed by atoms with Crippen LogP contribution in [0, 0.1) is 0 Å². The maximum absolute atomic E-state index is 10.2. The minimum Gasteiger partial charge on any atom is -0.351 e. The van der Waals surface area contributed by atoms with Gasteiger partial charge in [-0.1, -0.05) is 0 Å². The highest BCUT2D eigenvalue weighted by Gasteiger charge is 1.95. The Morgan fingerprint density at radius 3 is 2.90 bits per heavy atom. The number of primary amides is 1. The molecule has 1 heterocycles. The number of carbonyl (C=O) groups is 1. The zero-order valence-electron chi connectivity index (χ0n) is 4.85. The van der Waals surface area contributed by atoms with Gasteiger partial charge in [-0.05, 0) is 10.4 Å². The van der Waals surface area contributed by atoms with Crippen molar-refractivity contribution in [2.24, 2.45) is 5.73 Å². The van der Waals surface area contributed by atoms with Gasteiger partial charge in [0.2, 0.25) is 0 Å². The summed E-state index contributed by atoms with van der Waals surface area (Å²) in [7, 11) is 0. The van der Waals surface area contributed by atoms with Crippen molar-refractivity contribution in [3.63, 3.8) is 0 Å². The van der Waals surface area contributed by atoms with E-state index < -0.39 is 6.03 Å². The summed E-state index contributed by atoms with van der Waals surface area (Å²) >= 11 is 0. The lowest BCUT2D eigenvalue weighted by Crippen LogP contribution is -2.20. The van der Waals surface area contributed by atoms with Crippen LogP contribution in [0.2, 0.25) is 0 Å². The topological polar surface area (TPSA) is 107 Å². The molecule has 0 saturated heterocycles. The van der Waals surface area contributed by atoms with Crippen molar-refractivity contribution in [3.05, 3.63) is 6.20 Å². The van der Waals surface area contributed by atoms with E-state index in [1.54, 1.807) is 0 Å². The Bertz CT molecular complexity index is 222.